The van der Waals surface area contributed by atoms with Crippen molar-refractivity contribution < 1.29 is 9.21 Å². The fraction of sp³-hybridized carbons (Fsp3) is 0.200. The van der Waals surface area contributed by atoms with Gasteiger partial charge in [0.15, 0.2) is 5.76 Å². The van der Waals surface area contributed by atoms with E-state index in [0.717, 1.165) is 28.8 Å². The highest BCUT2D eigenvalue weighted by Crippen LogP contribution is 2.26. The third kappa shape index (κ3) is 3.54. The molecule has 2 heterocycles. The van der Waals surface area contributed by atoms with Crippen molar-refractivity contribution in [1.82, 2.24) is 9.99 Å². The number of hydrazone groups is 1. The maximum Gasteiger partial charge on any atom is 0.307 e. The fourth-order valence-electron chi connectivity index (χ4n) is 3.90. The molecule has 1 N–H and O–H groups in total. The minimum Gasteiger partial charge on any atom is -0.451 e. The summed E-state index contributed by atoms with van der Waals surface area (Å²) in [6, 6.07) is 17.7. The molecule has 0 spiro atoms. The van der Waals surface area contributed by atoms with Crippen molar-refractivity contribution in [3.05, 3.63) is 88.4 Å². The molecule has 5 nitrogen and oxygen atoms in total. The van der Waals surface area contributed by atoms with Crippen molar-refractivity contribution in [2.45, 2.75) is 34.1 Å². The first kappa shape index (κ1) is 19.7. The lowest BCUT2D eigenvalue weighted by Crippen LogP contribution is -2.16. The predicted octanol–water partition coefficient (Wildman–Crippen LogP) is 5.48. The highest BCUT2D eigenvalue weighted by molar-refractivity contribution is 5.96. The number of fused-ring (bicyclic) bond motifs is 1. The van der Waals surface area contributed by atoms with E-state index in [0.29, 0.717) is 5.58 Å². The minimum absolute atomic E-state index is 0.242. The van der Waals surface area contributed by atoms with Crippen LogP contribution in [-0.4, -0.2) is 16.7 Å². The fourth-order valence-corrected chi connectivity index (χ4v) is 3.90. The Kier molecular flexibility index (Phi) is 5.27. The van der Waals surface area contributed by atoms with Crippen LogP contribution in [-0.2, 0) is 6.42 Å². The summed E-state index contributed by atoms with van der Waals surface area (Å²) in [5.41, 5.74) is 10.2. The Morgan fingerprint density at radius 2 is 1.90 bits per heavy atom. The number of nitrogens with one attached hydrogen (secondary N) is 1. The van der Waals surface area contributed by atoms with E-state index in [-0.39, 0.29) is 11.7 Å². The summed E-state index contributed by atoms with van der Waals surface area (Å²) in [5.74, 6) is -0.130. The Labute approximate surface area is 176 Å². The SMILES string of the molecule is CCc1cccc(C)c1-n1c(C)cc(/C=N/NC(=O)c2cc3ccccc3o2)c1C. The summed E-state index contributed by atoms with van der Waals surface area (Å²) in [7, 11) is 0. The molecule has 0 atom stereocenters. The summed E-state index contributed by atoms with van der Waals surface area (Å²) in [6.45, 7) is 8.46. The van der Waals surface area contributed by atoms with E-state index in [1.54, 1.807) is 12.3 Å². The van der Waals surface area contributed by atoms with Gasteiger partial charge in [-0.2, -0.15) is 5.10 Å². The Morgan fingerprint density at radius 1 is 1.10 bits per heavy atom. The Hall–Kier alpha value is -3.60. The number of carbonyl (C=O) groups is 1. The van der Waals surface area contributed by atoms with E-state index < -0.39 is 0 Å². The highest BCUT2D eigenvalue weighted by atomic mass is 16.3. The standard InChI is InChI=1S/C25H25N3O2/c1-5-19-11-8-9-16(2)24(19)28-17(3)13-21(18(28)4)15-26-27-25(29)23-14-20-10-6-7-12-22(20)30-23/h6-15H,5H2,1-4H3,(H,27,29)/b26-15+. The van der Waals surface area contributed by atoms with Crippen LogP contribution in [0.5, 0.6) is 0 Å². The smallest absolute Gasteiger partial charge is 0.307 e. The summed E-state index contributed by atoms with van der Waals surface area (Å²) >= 11 is 0. The molecular formula is C25H25N3O2. The van der Waals surface area contributed by atoms with Crippen LogP contribution in [0.25, 0.3) is 16.7 Å². The average Bonchev–Trinajstić information content (AvgIpc) is 3.29. The quantitative estimate of drug-likeness (QED) is 0.357. The van der Waals surface area contributed by atoms with Gasteiger partial charge in [0.2, 0.25) is 0 Å². The predicted molar refractivity (Wildman–Crippen MR) is 121 cm³/mol. The van der Waals surface area contributed by atoms with Crippen molar-refractivity contribution in [3.63, 3.8) is 0 Å². The van der Waals surface area contributed by atoms with Gasteiger partial charge in [0.1, 0.15) is 5.58 Å². The third-order valence-electron chi connectivity index (χ3n) is 5.42. The van der Waals surface area contributed by atoms with Crippen molar-refractivity contribution in [2.24, 2.45) is 5.10 Å². The average molecular weight is 399 g/mol. The second kappa shape index (κ2) is 8.03. The van der Waals surface area contributed by atoms with Crippen molar-refractivity contribution in [2.75, 3.05) is 0 Å². The zero-order chi connectivity index (χ0) is 21.3. The molecule has 2 aromatic heterocycles. The van der Waals surface area contributed by atoms with Gasteiger partial charge >= 0.3 is 5.91 Å². The Balaban J connectivity index is 1.58. The lowest BCUT2D eigenvalue weighted by Gasteiger charge is -2.17. The zero-order valence-electron chi connectivity index (χ0n) is 17.7. The van der Waals surface area contributed by atoms with Crippen molar-refractivity contribution in [3.8, 4) is 5.69 Å². The van der Waals surface area contributed by atoms with Crippen LogP contribution in [0, 0.1) is 20.8 Å². The number of benzene rings is 2. The summed E-state index contributed by atoms with van der Waals surface area (Å²) < 4.78 is 7.85. The van der Waals surface area contributed by atoms with Gasteiger partial charge < -0.3 is 8.98 Å². The van der Waals surface area contributed by atoms with Gasteiger partial charge in [-0.3, -0.25) is 4.79 Å². The Bertz CT molecular complexity index is 1230. The number of rotatable bonds is 5. The molecule has 0 saturated heterocycles. The van der Waals surface area contributed by atoms with Gasteiger partial charge in [0.05, 0.1) is 11.9 Å². The van der Waals surface area contributed by atoms with Gasteiger partial charge in [-0.05, 0) is 56.5 Å². The second-order valence-corrected chi connectivity index (χ2v) is 7.45. The Morgan fingerprint density at radius 3 is 2.67 bits per heavy atom. The molecule has 0 saturated carbocycles. The number of amides is 1. The zero-order valence-corrected chi connectivity index (χ0v) is 17.7. The van der Waals surface area contributed by atoms with E-state index in [1.807, 2.05) is 24.3 Å². The maximum atomic E-state index is 12.4. The number of hydrogen-bond acceptors (Lipinski definition) is 3. The molecule has 5 heteroatoms. The van der Waals surface area contributed by atoms with Gasteiger partial charge in [-0.25, -0.2) is 5.43 Å². The molecule has 0 radical (unpaired) electrons. The number of aryl methyl sites for hydroxylation is 3. The van der Waals surface area contributed by atoms with E-state index in [9.17, 15) is 4.79 Å². The molecule has 152 valence electrons. The summed E-state index contributed by atoms with van der Waals surface area (Å²) in [5, 5.41) is 5.05. The molecule has 4 rings (SSSR count). The van der Waals surface area contributed by atoms with Crippen LogP contribution in [0.1, 0.15) is 45.6 Å². The van der Waals surface area contributed by atoms with Crippen LogP contribution in [0.2, 0.25) is 0 Å². The van der Waals surface area contributed by atoms with Crippen molar-refractivity contribution >= 4 is 23.1 Å². The van der Waals surface area contributed by atoms with Crippen LogP contribution in [0.15, 0.2) is 64.1 Å². The monoisotopic (exact) mass is 399 g/mol. The lowest BCUT2D eigenvalue weighted by atomic mass is 10.1. The van der Waals surface area contributed by atoms with E-state index in [4.69, 9.17) is 4.42 Å². The lowest BCUT2D eigenvalue weighted by molar-refractivity contribution is 0.0929. The van der Waals surface area contributed by atoms with E-state index >= 15 is 0 Å². The van der Waals surface area contributed by atoms with E-state index in [2.05, 4.69) is 67.1 Å². The largest absolute Gasteiger partial charge is 0.451 e. The van der Waals surface area contributed by atoms with Gasteiger partial charge in [-0.1, -0.05) is 43.3 Å². The summed E-state index contributed by atoms with van der Waals surface area (Å²) in [4.78, 5) is 12.4. The second-order valence-electron chi connectivity index (χ2n) is 7.45. The molecule has 0 unspecified atom stereocenters. The van der Waals surface area contributed by atoms with Crippen LogP contribution in [0.4, 0.5) is 0 Å². The van der Waals surface area contributed by atoms with E-state index in [1.165, 1.54) is 16.8 Å². The number of carbonyl (C=O) groups excluding carboxylic acids is 1. The normalized spacial score (nSPS) is 11.5. The highest BCUT2D eigenvalue weighted by Gasteiger charge is 2.15. The topological polar surface area (TPSA) is 59.5 Å². The van der Waals surface area contributed by atoms with Crippen molar-refractivity contribution in [1.29, 1.82) is 0 Å². The van der Waals surface area contributed by atoms with Crippen LogP contribution >= 0.6 is 0 Å². The number of nitrogens with zero attached hydrogens (tertiary/aromatic N) is 2. The number of para-hydroxylation sites is 2. The van der Waals surface area contributed by atoms with Crippen LogP contribution in [0.3, 0.4) is 0 Å². The number of aromatic nitrogens is 1. The maximum absolute atomic E-state index is 12.4. The molecule has 0 aliphatic carbocycles. The first-order valence-corrected chi connectivity index (χ1v) is 10.1. The molecule has 0 aliphatic heterocycles. The molecule has 1 amide bonds. The molecule has 2 aromatic carbocycles. The van der Waals surface area contributed by atoms with Gasteiger partial charge in [0, 0.05) is 22.3 Å². The first-order chi connectivity index (χ1) is 14.5. The minimum atomic E-state index is -0.372. The molecule has 4 aromatic rings. The first-order valence-electron chi connectivity index (χ1n) is 10.1. The van der Waals surface area contributed by atoms with Crippen LogP contribution < -0.4 is 5.43 Å². The summed E-state index contributed by atoms with van der Waals surface area (Å²) in [6.07, 6.45) is 2.65. The molecule has 0 bridgehead atoms. The molecular weight excluding hydrogens is 374 g/mol. The van der Waals surface area contributed by atoms with Gasteiger partial charge in [-0.15, -0.1) is 0 Å². The molecule has 0 aliphatic rings. The molecule has 0 fully saturated rings. The van der Waals surface area contributed by atoms with Gasteiger partial charge in [0.25, 0.3) is 0 Å². The number of furan rings is 1. The molecule has 30 heavy (non-hydrogen) atoms. The third-order valence-corrected chi connectivity index (χ3v) is 5.42. The number of hydrogen-bond donors (Lipinski definition) is 1.